The number of nitrogens with zero attached hydrogens (tertiary/aromatic N) is 1. The first kappa shape index (κ1) is 28.6. The summed E-state index contributed by atoms with van der Waals surface area (Å²) in [6, 6.07) is 28.3. The minimum atomic E-state index is -0.664. The van der Waals surface area contributed by atoms with Gasteiger partial charge in [0.05, 0.1) is 27.8 Å². The van der Waals surface area contributed by atoms with Crippen molar-refractivity contribution in [3.63, 3.8) is 0 Å². The predicted molar refractivity (Wildman–Crippen MR) is 157 cm³/mol. The molecule has 6 heteroatoms. The Bertz CT molecular complexity index is 1490. The van der Waals surface area contributed by atoms with Gasteiger partial charge in [-0.15, -0.1) is 0 Å². The predicted octanol–water partition coefficient (Wildman–Crippen LogP) is 8.83. The second-order valence-corrected chi connectivity index (χ2v) is 9.90. The average molecular weight is 552 g/mol. The summed E-state index contributed by atoms with van der Waals surface area (Å²) in [5.41, 5.74) is 4.42. The Kier molecular flexibility index (Phi) is 10.1. The highest BCUT2D eigenvalue weighted by atomic mass is 35.5. The molecule has 0 saturated carbocycles. The summed E-state index contributed by atoms with van der Waals surface area (Å²) in [6.07, 6.45) is 7.45. The summed E-state index contributed by atoms with van der Waals surface area (Å²) >= 11 is 6.28. The Morgan fingerprint density at radius 1 is 0.725 bits per heavy atom. The third-order valence-electron chi connectivity index (χ3n) is 6.54. The van der Waals surface area contributed by atoms with Gasteiger partial charge in [0, 0.05) is 6.07 Å². The number of unbranched alkanes of at least 4 members (excludes halogenated alkanes) is 4. The topological polar surface area (TPSA) is 76.4 Å². The number of esters is 2. The molecule has 0 saturated heterocycles. The van der Waals surface area contributed by atoms with Gasteiger partial charge in [-0.05, 0) is 78.1 Å². The van der Waals surface area contributed by atoms with Gasteiger partial charge in [-0.25, -0.2) is 9.59 Å². The molecule has 0 aromatic heterocycles. The minimum Gasteiger partial charge on any atom is -0.423 e. The van der Waals surface area contributed by atoms with Crippen LogP contribution in [0.1, 0.15) is 70.9 Å². The number of carbonyl (C=O) groups is 2. The maximum Gasteiger partial charge on any atom is 0.345 e. The number of carbonyl (C=O) groups excluding carboxylic acids is 2. The van der Waals surface area contributed by atoms with E-state index in [2.05, 4.69) is 31.2 Å². The van der Waals surface area contributed by atoms with Crippen LogP contribution in [0.4, 0.5) is 0 Å². The molecule has 0 radical (unpaired) electrons. The minimum absolute atomic E-state index is 0.0868. The zero-order chi connectivity index (χ0) is 28.3. The van der Waals surface area contributed by atoms with Crippen LogP contribution in [-0.4, -0.2) is 11.9 Å². The average Bonchev–Trinajstić information content (AvgIpc) is 2.98. The van der Waals surface area contributed by atoms with Crippen molar-refractivity contribution < 1.29 is 19.1 Å². The highest BCUT2D eigenvalue weighted by Gasteiger charge is 2.16. The Hall–Kier alpha value is -4.40. The molecule has 4 rings (SSSR count). The number of rotatable bonds is 11. The summed E-state index contributed by atoms with van der Waals surface area (Å²) in [5.74, 6) is -0.704. The molecular formula is C34H30ClNO4. The van der Waals surface area contributed by atoms with E-state index in [1.54, 1.807) is 24.3 Å². The van der Waals surface area contributed by atoms with Crippen molar-refractivity contribution in [2.24, 2.45) is 0 Å². The molecule has 0 bridgehead atoms. The smallest absolute Gasteiger partial charge is 0.345 e. The fourth-order valence-electron chi connectivity index (χ4n) is 4.25. The van der Waals surface area contributed by atoms with E-state index in [0.29, 0.717) is 11.1 Å². The Balaban J connectivity index is 1.33. The van der Waals surface area contributed by atoms with Gasteiger partial charge >= 0.3 is 11.9 Å². The van der Waals surface area contributed by atoms with Crippen LogP contribution in [0.2, 0.25) is 5.02 Å². The lowest BCUT2D eigenvalue weighted by Gasteiger charge is -2.09. The monoisotopic (exact) mass is 551 g/mol. The van der Waals surface area contributed by atoms with Crippen LogP contribution < -0.4 is 9.47 Å². The van der Waals surface area contributed by atoms with Crippen LogP contribution in [0.15, 0.2) is 91.0 Å². The number of hydrogen-bond donors (Lipinski definition) is 0. The largest absolute Gasteiger partial charge is 0.423 e. The van der Waals surface area contributed by atoms with Gasteiger partial charge < -0.3 is 9.47 Å². The molecule has 0 spiro atoms. The zero-order valence-electron chi connectivity index (χ0n) is 22.4. The van der Waals surface area contributed by atoms with Crippen molar-refractivity contribution in [1.82, 2.24) is 0 Å². The Morgan fingerprint density at radius 2 is 1.32 bits per heavy atom. The normalized spacial score (nSPS) is 10.5. The quantitative estimate of drug-likeness (QED) is 0.106. The van der Waals surface area contributed by atoms with Crippen molar-refractivity contribution in [3.05, 3.63) is 118 Å². The molecule has 0 atom stereocenters. The molecule has 0 aliphatic heterocycles. The molecule has 4 aromatic rings. The van der Waals surface area contributed by atoms with Crippen LogP contribution in [0.3, 0.4) is 0 Å². The van der Waals surface area contributed by atoms with E-state index in [9.17, 15) is 9.59 Å². The van der Waals surface area contributed by atoms with E-state index >= 15 is 0 Å². The number of hydrogen-bond acceptors (Lipinski definition) is 5. The number of halogens is 1. The third kappa shape index (κ3) is 7.81. The summed E-state index contributed by atoms with van der Waals surface area (Å²) in [6.45, 7) is 2.23. The summed E-state index contributed by atoms with van der Waals surface area (Å²) in [5, 5.41) is 8.97. The molecular weight excluding hydrogens is 522 g/mol. The highest BCUT2D eigenvalue weighted by molar-refractivity contribution is 6.33. The summed E-state index contributed by atoms with van der Waals surface area (Å²) in [4.78, 5) is 25.2. The van der Waals surface area contributed by atoms with E-state index in [4.69, 9.17) is 26.3 Å². The second-order valence-electron chi connectivity index (χ2n) is 9.50. The summed E-state index contributed by atoms with van der Waals surface area (Å²) < 4.78 is 10.8. The SMILES string of the molecule is CCCCCCCc1ccc(-c2ccc(C(=O)Oc3ccc(C(=O)Oc4ccc(C#N)cc4)c(Cl)c3)cc2)cc1. The van der Waals surface area contributed by atoms with Crippen LogP contribution in [0, 0.1) is 11.3 Å². The van der Waals surface area contributed by atoms with Gasteiger partial charge in [-0.1, -0.05) is 80.6 Å². The van der Waals surface area contributed by atoms with Crippen molar-refractivity contribution in [2.45, 2.75) is 45.4 Å². The standard InChI is InChI=1S/C34H30ClNO4/c1-2-3-4-5-6-7-24-8-12-26(13-9-24)27-14-16-28(17-15-27)33(37)40-30-20-21-31(32(35)22-30)34(38)39-29-18-10-25(23-36)11-19-29/h8-22H,2-7H2,1H3. The van der Waals surface area contributed by atoms with Gasteiger partial charge in [0.1, 0.15) is 11.5 Å². The number of benzene rings is 4. The van der Waals surface area contributed by atoms with E-state index in [1.807, 2.05) is 18.2 Å². The van der Waals surface area contributed by atoms with Crippen molar-refractivity contribution in [1.29, 1.82) is 5.26 Å². The summed E-state index contributed by atoms with van der Waals surface area (Å²) in [7, 11) is 0. The molecule has 0 heterocycles. The Morgan fingerprint density at radius 3 is 1.95 bits per heavy atom. The van der Waals surface area contributed by atoms with Gasteiger partial charge in [0.2, 0.25) is 0 Å². The molecule has 40 heavy (non-hydrogen) atoms. The molecule has 0 N–H and O–H groups in total. The van der Waals surface area contributed by atoms with Gasteiger partial charge in [0.25, 0.3) is 0 Å². The van der Waals surface area contributed by atoms with E-state index < -0.39 is 11.9 Å². The maximum atomic E-state index is 12.7. The van der Waals surface area contributed by atoms with E-state index in [-0.39, 0.29) is 22.1 Å². The first-order chi connectivity index (χ1) is 19.5. The molecule has 0 amide bonds. The molecule has 0 unspecified atom stereocenters. The fraction of sp³-hybridized carbons (Fsp3) is 0.206. The first-order valence-corrected chi connectivity index (χ1v) is 13.8. The highest BCUT2D eigenvalue weighted by Crippen LogP contribution is 2.26. The molecule has 0 aliphatic rings. The zero-order valence-corrected chi connectivity index (χ0v) is 23.1. The second kappa shape index (κ2) is 14.1. The third-order valence-corrected chi connectivity index (χ3v) is 6.85. The van der Waals surface area contributed by atoms with Crippen LogP contribution in [0.25, 0.3) is 11.1 Å². The molecule has 0 fully saturated rings. The van der Waals surface area contributed by atoms with Crippen molar-refractivity contribution in [3.8, 4) is 28.7 Å². The van der Waals surface area contributed by atoms with Gasteiger partial charge in [-0.2, -0.15) is 5.26 Å². The molecule has 5 nitrogen and oxygen atoms in total. The molecule has 0 aliphatic carbocycles. The van der Waals surface area contributed by atoms with Gasteiger partial charge in [-0.3, -0.25) is 0 Å². The number of aryl methyl sites for hydroxylation is 1. The lowest BCUT2D eigenvalue weighted by molar-refractivity contribution is 0.0730. The maximum absolute atomic E-state index is 12.7. The van der Waals surface area contributed by atoms with E-state index in [1.165, 1.54) is 68.0 Å². The lowest BCUT2D eigenvalue weighted by Crippen LogP contribution is -2.11. The molecule has 4 aromatic carbocycles. The Labute approximate surface area is 239 Å². The first-order valence-electron chi connectivity index (χ1n) is 13.4. The van der Waals surface area contributed by atoms with Crippen molar-refractivity contribution >= 4 is 23.5 Å². The van der Waals surface area contributed by atoms with Crippen molar-refractivity contribution in [2.75, 3.05) is 0 Å². The fourth-order valence-corrected chi connectivity index (χ4v) is 4.49. The van der Waals surface area contributed by atoms with Crippen LogP contribution in [-0.2, 0) is 6.42 Å². The molecule has 202 valence electrons. The number of nitriles is 1. The van der Waals surface area contributed by atoms with E-state index in [0.717, 1.165) is 17.5 Å². The van der Waals surface area contributed by atoms with Crippen LogP contribution in [0.5, 0.6) is 11.5 Å². The van der Waals surface area contributed by atoms with Crippen LogP contribution >= 0.6 is 11.6 Å². The lowest BCUT2D eigenvalue weighted by atomic mass is 10.00. The van der Waals surface area contributed by atoms with Gasteiger partial charge in [0.15, 0.2) is 0 Å². The number of ether oxygens (including phenoxy) is 2.